The molecule has 9 heteroatoms. The minimum absolute atomic E-state index is 0.0715. The second-order valence-corrected chi connectivity index (χ2v) is 8.49. The van der Waals surface area contributed by atoms with E-state index >= 15 is 0 Å². The molecule has 0 aromatic heterocycles. The van der Waals surface area contributed by atoms with Crippen LogP contribution < -0.4 is 11.1 Å². The topological polar surface area (TPSA) is 117 Å². The molecule has 2 aliphatic heterocycles. The van der Waals surface area contributed by atoms with Crippen molar-refractivity contribution in [3.05, 3.63) is 51.0 Å². The van der Waals surface area contributed by atoms with E-state index in [1.54, 1.807) is 45.9 Å². The molecule has 1 aromatic rings. The first kappa shape index (κ1) is 21.9. The first-order valence-electron chi connectivity index (χ1n) is 9.43. The molecule has 1 aromatic carbocycles. The second-order valence-electron chi connectivity index (χ2n) is 7.57. The number of anilines is 1. The Morgan fingerprint density at radius 3 is 2.23 bits per heavy atom. The number of ether oxygens (including phenoxy) is 3. The normalized spacial score (nSPS) is 20.5. The van der Waals surface area contributed by atoms with Gasteiger partial charge in [-0.2, -0.15) is 0 Å². The lowest BCUT2D eigenvalue weighted by molar-refractivity contribution is -0.147. The highest BCUT2D eigenvalue weighted by molar-refractivity contribution is 9.10. The zero-order valence-corrected chi connectivity index (χ0v) is 18.9. The number of esters is 2. The number of carbonyl (C=O) groups is 3. The molecular weight excluding hydrogens is 456 g/mol. The van der Waals surface area contributed by atoms with Gasteiger partial charge < -0.3 is 25.3 Å². The minimum Gasteiger partial charge on any atom is -0.459 e. The number of nitrogens with two attached hydrogens (primary N) is 1. The van der Waals surface area contributed by atoms with Gasteiger partial charge in [0.25, 0.3) is 0 Å². The van der Waals surface area contributed by atoms with Crippen molar-refractivity contribution in [3.8, 4) is 0 Å². The molecule has 0 aliphatic carbocycles. The molecule has 0 saturated carbocycles. The molecule has 0 radical (unpaired) electrons. The Balaban J connectivity index is 2.37. The summed E-state index contributed by atoms with van der Waals surface area (Å²) in [5.41, 5.74) is 4.67. The maximum absolute atomic E-state index is 13.5. The Bertz CT molecular complexity index is 965. The van der Waals surface area contributed by atoms with Crippen LogP contribution in [-0.4, -0.2) is 30.1 Å². The van der Waals surface area contributed by atoms with Crippen molar-refractivity contribution in [1.29, 1.82) is 0 Å². The van der Waals surface area contributed by atoms with E-state index in [0.717, 1.165) is 0 Å². The van der Waals surface area contributed by atoms with Gasteiger partial charge in [-0.25, -0.2) is 9.59 Å². The maximum atomic E-state index is 13.5. The number of carbonyl (C=O) groups excluding carboxylic acids is 3. The Labute approximate surface area is 182 Å². The SMILES string of the molecule is CC1=C(C(=O)OC(C)C)C2(C(=O)Nc3ccc(Br)cc32)C(C(=O)OC(C)C)=C(N)O1. The monoisotopic (exact) mass is 478 g/mol. The number of benzene rings is 1. The lowest BCUT2D eigenvalue weighted by atomic mass is 9.67. The first-order chi connectivity index (χ1) is 14.0. The van der Waals surface area contributed by atoms with Crippen molar-refractivity contribution in [1.82, 2.24) is 0 Å². The van der Waals surface area contributed by atoms with E-state index in [0.29, 0.717) is 15.7 Å². The van der Waals surface area contributed by atoms with Gasteiger partial charge in [0.2, 0.25) is 11.8 Å². The van der Waals surface area contributed by atoms with Crippen LogP contribution in [0.25, 0.3) is 0 Å². The average Bonchev–Trinajstić information content (AvgIpc) is 2.85. The summed E-state index contributed by atoms with van der Waals surface area (Å²) in [6.45, 7) is 8.20. The molecule has 2 heterocycles. The van der Waals surface area contributed by atoms with Gasteiger partial charge in [0, 0.05) is 15.7 Å². The van der Waals surface area contributed by atoms with Gasteiger partial charge in [0.1, 0.15) is 22.3 Å². The van der Waals surface area contributed by atoms with Gasteiger partial charge in [-0.3, -0.25) is 4.79 Å². The van der Waals surface area contributed by atoms with Crippen molar-refractivity contribution in [2.75, 3.05) is 5.32 Å². The highest BCUT2D eigenvalue weighted by atomic mass is 79.9. The van der Waals surface area contributed by atoms with E-state index in [1.807, 2.05) is 0 Å². The first-order valence-corrected chi connectivity index (χ1v) is 10.2. The van der Waals surface area contributed by atoms with E-state index in [1.165, 1.54) is 6.92 Å². The van der Waals surface area contributed by atoms with Crippen LogP contribution in [0.15, 0.2) is 45.5 Å². The van der Waals surface area contributed by atoms with Crippen LogP contribution in [0.4, 0.5) is 5.69 Å². The third kappa shape index (κ3) is 3.36. The van der Waals surface area contributed by atoms with Crippen LogP contribution >= 0.6 is 15.9 Å². The van der Waals surface area contributed by atoms with Gasteiger partial charge in [0.05, 0.1) is 12.2 Å². The summed E-state index contributed by atoms with van der Waals surface area (Å²) in [5.74, 6) is -2.49. The fourth-order valence-electron chi connectivity index (χ4n) is 3.71. The molecule has 0 saturated heterocycles. The fraction of sp³-hybridized carbons (Fsp3) is 0.381. The van der Waals surface area contributed by atoms with Gasteiger partial charge in [-0.1, -0.05) is 15.9 Å². The molecule has 160 valence electrons. The molecule has 3 rings (SSSR count). The summed E-state index contributed by atoms with van der Waals surface area (Å²) in [5, 5.41) is 2.75. The van der Waals surface area contributed by atoms with Crippen molar-refractivity contribution < 1.29 is 28.6 Å². The molecule has 0 fully saturated rings. The number of nitrogens with one attached hydrogen (secondary N) is 1. The van der Waals surface area contributed by atoms with Crippen LogP contribution in [0.2, 0.25) is 0 Å². The van der Waals surface area contributed by atoms with Crippen molar-refractivity contribution in [2.45, 2.75) is 52.2 Å². The summed E-state index contributed by atoms with van der Waals surface area (Å²) in [4.78, 5) is 39.8. The van der Waals surface area contributed by atoms with Crippen molar-refractivity contribution in [3.63, 3.8) is 0 Å². The van der Waals surface area contributed by atoms with E-state index < -0.39 is 35.5 Å². The summed E-state index contributed by atoms with van der Waals surface area (Å²) < 4.78 is 16.9. The number of amides is 1. The largest absolute Gasteiger partial charge is 0.459 e. The number of hydrogen-bond donors (Lipinski definition) is 2. The number of rotatable bonds is 4. The summed E-state index contributed by atoms with van der Waals surface area (Å²) in [6, 6.07) is 5.06. The quantitative estimate of drug-likeness (QED) is 0.638. The highest BCUT2D eigenvalue weighted by Gasteiger charge is 2.62. The zero-order valence-electron chi connectivity index (χ0n) is 17.3. The molecule has 1 unspecified atom stereocenters. The standard InChI is InChI=1S/C21H23BrN2O6/c1-9(2)28-18(25)15-11(5)30-17(23)16(19(26)29-10(3)4)21(15)13-8-12(22)6-7-14(13)24-20(21)27/h6-10H,23H2,1-5H3,(H,24,27). The number of halogens is 1. The van der Waals surface area contributed by atoms with Crippen LogP contribution in [-0.2, 0) is 34.0 Å². The van der Waals surface area contributed by atoms with Crippen LogP contribution in [0.3, 0.4) is 0 Å². The predicted octanol–water partition coefficient (Wildman–Crippen LogP) is 3.02. The third-order valence-electron chi connectivity index (χ3n) is 4.68. The molecule has 1 spiro atoms. The number of allylic oxidation sites excluding steroid dienone is 1. The predicted molar refractivity (Wildman–Crippen MR) is 112 cm³/mol. The van der Waals surface area contributed by atoms with Crippen LogP contribution in [0.5, 0.6) is 0 Å². The second kappa shape index (κ2) is 7.79. The van der Waals surface area contributed by atoms with Gasteiger partial charge in [-0.15, -0.1) is 0 Å². The van der Waals surface area contributed by atoms with Crippen LogP contribution in [0.1, 0.15) is 40.2 Å². The average molecular weight is 479 g/mol. The zero-order chi connectivity index (χ0) is 22.4. The summed E-state index contributed by atoms with van der Waals surface area (Å²) >= 11 is 3.39. The molecule has 0 bridgehead atoms. The van der Waals surface area contributed by atoms with E-state index in [2.05, 4.69) is 21.2 Å². The molecule has 30 heavy (non-hydrogen) atoms. The Hall–Kier alpha value is -2.81. The number of fused-ring (bicyclic) bond motifs is 2. The molecular formula is C21H23BrN2O6. The number of hydrogen-bond acceptors (Lipinski definition) is 7. The fourth-order valence-corrected chi connectivity index (χ4v) is 4.07. The lowest BCUT2D eigenvalue weighted by Crippen LogP contribution is -2.49. The van der Waals surface area contributed by atoms with Gasteiger partial charge in [-0.05, 0) is 52.8 Å². The Morgan fingerprint density at radius 1 is 1.10 bits per heavy atom. The molecule has 2 aliphatic rings. The highest BCUT2D eigenvalue weighted by Crippen LogP contribution is 2.53. The minimum atomic E-state index is -1.87. The molecule has 3 N–H and O–H groups in total. The molecule has 8 nitrogen and oxygen atoms in total. The molecule has 1 atom stereocenters. The summed E-state index contributed by atoms with van der Waals surface area (Å²) in [7, 11) is 0. The third-order valence-corrected chi connectivity index (χ3v) is 5.17. The Kier molecular flexibility index (Phi) is 5.68. The van der Waals surface area contributed by atoms with E-state index in [-0.39, 0.29) is 22.8 Å². The Morgan fingerprint density at radius 2 is 1.67 bits per heavy atom. The van der Waals surface area contributed by atoms with Crippen LogP contribution in [0, 0.1) is 0 Å². The van der Waals surface area contributed by atoms with Crippen molar-refractivity contribution >= 4 is 39.5 Å². The van der Waals surface area contributed by atoms with Gasteiger partial charge in [0.15, 0.2) is 0 Å². The lowest BCUT2D eigenvalue weighted by Gasteiger charge is -2.36. The maximum Gasteiger partial charge on any atom is 0.341 e. The smallest absolute Gasteiger partial charge is 0.341 e. The van der Waals surface area contributed by atoms with Crippen molar-refractivity contribution in [2.24, 2.45) is 5.73 Å². The van der Waals surface area contributed by atoms with E-state index in [9.17, 15) is 14.4 Å². The summed E-state index contributed by atoms with van der Waals surface area (Å²) in [6.07, 6.45) is -0.949. The molecule has 1 amide bonds. The van der Waals surface area contributed by atoms with Gasteiger partial charge >= 0.3 is 11.9 Å². The van der Waals surface area contributed by atoms with E-state index in [4.69, 9.17) is 19.9 Å².